The van der Waals surface area contributed by atoms with E-state index < -0.39 is 0 Å². The Morgan fingerprint density at radius 2 is 1.87 bits per heavy atom. The van der Waals surface area contributed by atoms with E-state index in [9.17, 15) is 4.79 Å². The van der Waals surface area contributed by atoms with Gasteiger partial charge in [0, 0.05) is 31.7 Å². The molecular weight excluding hydrogens is 491 g/mol. The maximum absolute atomic E-state index is 12.1. The van der Waals surface area contributed by atoms with Gasteiger partial charge in [0.15, 0.2) is 5.96 Å². The third-order valence-corrected chi connectivity index (χ3v) is 4.56. The normalized spacial score (nSPS) is 11.8. The largest absolute Gasteiger partial charge is 0.494 e. The van der Waals surface area contributed by atoms with Crippen molar-refractivity contribution >= 4 is 41.5 Å². The summed E-state index contributed by atoms with van der Waals surface area (Å²) in [4.78, 5) is 16.3. The van der Waals surface area contributed by atoms with Crippen molar-refractivity contribution in [1.82, 2.24) is 10.6 Å². The number of carbonyl (C=O) groups is 1. The highest BCUT2D eigenvalue weighted by molar-refractivity contribution is 14.0. The number of ether oxygens (including phenoxy) is 1. The highest BCUT2D eigenvalue weighted by atomic mass is 127. The summed E-state index contributed by atoms with van der Waals surface area (Å²) in [5.41, 5.74) is 1.89. The molecule has 7 heteroatoms. The Balaban J connectivity index is 0.00000450. The standard InChI is InChI=1S/C23H32N4O2.HI/c1-4-18(2)22(28)27-20-11-8-10-19(16-20)17-26-23(24-3)25-14-9-15-29-21-12-6-5-7-13-21;/h5-8,10-13,16,18H,4,9,14-15,17H2,1-3H3,(H,27,28)(H2,24,25,26);1H. The number of guanidine groups is 1. The van der Waals surface area contributed by atoms with Gasteiger partial charge < -0.3 is 20.7 Å². The molecule has 3 N–H and O–H groups in total. The first-order chi connectivity index (χ1) is 14.1. The van der Waals surface area contributed by atoms with Gasteiger partial charge in [-0.3, -0.25) is 9.79 Å². The van der Waals surface area contributed by atoms with Gasteiger partial charge in [0.1, 0.15) is 5.75 Å². The number of amides is 1. The first kappa shape index (κ1) is 25.7. The fraction of sp³-hybridized carbons (Fsp3) is 0.391. The molecule has 0 heterocycles. The number of aliphatic imine (C=N–C) groups is 1. The smallest absolute Gasteiger partial charge is 0.227 e. The number of benzene rings is 2. The second-order valence-electron chi connectivity index (χ2n) is 6.87. The monoisotopic (exact) mass is 524 g/mol. The van der Waals surface area contributed by atoms with Crippen LogP contribution in [0.15, 0.2) is 59.6 Å². The Kier molecular flexibility index (Phi) is 12.6. The van der Waals surface area contributed by atoms with Crippen molar-refractivity contribution in [3.63, 3.8) is 0 Å². The number of rotatable bonds is 10. The maximum Gasteiger partial charge on any atom is 0.227 e. The molecule has 1 amide bonds. The molecule has 2 aromatic carbocycles. The second kappa shape index (κ2) is 14.7. The van der Waals surface area contributed by atoms with Gasteiger partial charge in [-0.15, -0.1) is 24.0 Å². The van der Waals surface area contributed by atoms with Crippen molar-refractivity contribution in [3.05, 3.63) is 60.2 Å². The molecule has 30 heavy (non-hydrogen) atoms. The SMILES string of the molecule is CCC(C)C(=O)Nc1cccc(CNC(=NC)NCCCOc2ccccc2)c1.I. The summed E-state index contributed by atoms with van der Waals surface area (Å²) in [6.45, 7) is 5.97. The number of carbonyl (C=O) groups excluding carboxylic acids is 1. The quantitative estimate of drug-likeness (QED) is 0.186. The van der Waals surface area contributed by atoms with Crippen LogP contribution in [-0.4, -0.2) is 32.1 Å². The Morgan fingerprint density at radius 1 is 1.10 bits per heavy atom. The molecule has 0 aliphatic rings. The minimum Gasteiger partial charge on any atom is -0.494 e. The molecule has 2 aromatic rings. The summed E-state index contributed by atoms with van der Waals surface area (Å²) in [7, 11) is 1.75. The number of anilines is 1. The molecule has 0 bridgehead atoms. The third kappa shape index (κ3) is 9.47. The number of para-hydroxylation sites is 1. The summed E-state index contributed by atoms with van der Waals surface area (Å²) >= 11 is 0. The predicted molar refractivity (Wildman–Crippen MR) is 135 cm³/mol. The lowest BCUT2D eigenvalue weighted by molar-refractivity contribution is -0.119. The van der Waals surface area contributed by atoms with Crippen molar-refractivity contribution in [2.75, 3.05) is 25.5 Å². The van der Waals surface area contributed by atoms with Crippen LogP contribution in [0.1, 0.15) is 32.3 Å². The summed E-state index contributed by atoms with van der Waals surface area (Å²) in [6.07, 6.45) is 1.69. The van der Waals surface area contributed by atoms with E-state index in [0.717, 1.165) is 42.3 Å². The van der Waals surface area contributed by atoms with Gasteiger partial charge >= 0.3 is 0 Å². The minimum absolute atomic E-state index is 0. The second-order valence-corrected chi connectivity index (χ2v) is 6.87. The van der Waals surface area contributed by atoms with Crippen LogP contribution in [0, 0.1) is 5.92 Å². The van der Waals surface area contributed by atoms with Crippen LogP contribution in [0.4, 0.5) is 5.69 Å². The molecule has 0 saturated heterocycles. The first-order valence-electron chi connectivity index (χ1n) is 10.1. The number of hydrogen-bond acceptors (Lipinski definition) is 3. The topological polar surface area (TPSA) is 74.8 Å². The fourth-order valence-corrected chi connectivity index (χ4v) is 2.60. The van der Waals surface area contributed by atoms with Crippen LogP contribution in [-0.2, 0) is 11.3 Å². The summed E-state index contributed by atoms with van der Waals surface area (Å²) in [5.74, 6) is 1.67. The zero-order chi connectivity index (χ0) is 20.9. The molecule has 0 aliphatic carbocycles. The molecule has 164 valence electrons. The van der Waals surface area contributed by atoms with Crippen molar-refractivity contribution < 1.29 is 9.53 Å². The number of halogens is 1. The van der Waals surface area contributed by atoms with E-state index in [1.54, 1.807) is 7.05 Å². The summed E-state index contributed by atoms with van der Waals surface area (Å²) in [5, 5.41) is 9.55. The van der Waals surface area contributed by atoms with Crippen molar-refractivity contribution in [2.45, 2.75) is 33.2 Å². The van der Waals surface area contributed by atoms with Crippen LogP contribution in [0.3, 0.4) is 0 Å². The zero-order valence-corrected chi connectivity index (χ0v) is 20.3. The van der Waals surface area contributed by atoms with Gasteiger partial charge in [0.2, 0.25) is 5.91 Å². The molecule has 6 nitrogen and oxygen atoms in total. The highest BCUT2D eigenvalue weighted by Crippen LogP contribution is 2.13. The molecule has 0 saturated carbocycles. The van der Waals surface area contributed by atoms with E-state index in [4.69, 9.17) is 4.74 Å². The fourth-order valence-electron chi connectivity index (χ4n) is 2.60. The van der Waals surface area contributed by atoms with E-state index in [0.29, 0.717) is 13.2 Å². The van der Waals surface area contributed by atoms with Gasteiger partial charge in [0.25, 0.3) is 0 Å². The van der Waals surface area contributed by atoms with Gasteiger partial charge in [-0.25, -0.2) is 0 Å². The van der Waals surface area contributed by atoms with Crippen LogP contribution < -0.4 is 20.7 Å². The molecule has 0 aromatic heterocycles. The third-order valence-electron chi connectivity index (χ3n) is 4.56. The van der Waals surface area contributed by atoms with E-state index in [2.05, 4.69) is 20.9 Å². The lowest BCUT2D eigenvalue weighted by Gasteiger charge is -2.14. The van der Waals surface area contributed by atoms with Crippen molar-refractivity contribution in [1.29, 1.82) is 0 Å². The molecule has 0 fully saturated rings. The van der Waals surface area contributed by atoms with Crippen LogP contribution in [0.25, 0.3) is 0 Å². The average Bonchev–Trinajstić information content (AvgIpc) is 2.76. The van der Waals surface area contributed by atoms with Gasteiger partial charge in [-0.05, 0) is 42.7 Å². The van der Waals surface area contributed by atoms with Gasteiger partial charge in [-0.1, -0.05) is 44.2 Å². The molecular formula is C23H33IN4O2. The van der Waals surface area contributed by atoms with E-state index in [1.165, 1.54) is 0 Å². The number of hydrogen-bond donors (Lipinski definition) is 3. The molecule has 0 spiro atoms. The van der Waals surface area contributed by atoms with Gasteiger partial charge in [-0.2, -0.15) is 0 Å². The Labute approximate surface area is 196 Å². The van der Waals surface area contributed by atoms with E-state index in [1.807, 2.05) is 68.4 Å². The first-order valence-corrected chi connectivity index (χ1v) is 10.1. The van der Waals surface area contributed by atoms with Crippen LogP contribution in [0.2, 0.25) is 0 Å². The summed E-state index contributed by atoms with van der Waals surface area (Å²) in [6, 6.07) is 17.7. The van der Waals surface area contributed by atoms with E-state index >= 15 is 0 Å². The van der Waals surface area contributed by atoms with Gasteiger partial charge in [0.05, 0.1) is 6.61 Å². The van der Waals surface area contributed by atoms with Crippen LogP contribution >= 0.6 is 24.0 Å². The highest BCUT2D eigenvalue weighted by Gasteiger charge is 2.10. The van der Waals surface area contributed by atoms with E-state index in [-0.39, 0.29) is 35.8 Å². The van der Waals surface area contributed by atoms with Crippen LogP contribution in [0.5, 0.6) is 5.75 Å². The lowest BCUT2D eigenvalue weighted by Crippen LogP contribution is -2.37. The Bertz CT molecular complexity index is 784. The summed E-state index contributed by atoms with van der Waals surface area (Å²) < 4.78 is 5.69. The molecule has 2 rings (SSSR count). The molecule has 0 aliphatic heterocycles. The van der Waals surface area contributed by atoms with Crippen molar-refractivity contribution in [2.24, 2.45) is 10.9 Å². The predicted octanol–water partition coefficient (Wildman–Crippen LogP) is 4.42. The van der Waals surface area contributed by atoms with Crippen molar-refractivity contribution in [3.8, 4) is 5.75 Å². The zero-order valence-electron chi connectivity index (χ0n) is 18.0. The average molecular weight is 524 g/mol. The number of nitrogens with zero attached hydrogens (tertiary/aromatic N) is 1. The minimum atomic E-state index is 0. The number of nitrogens with one attached hydrogen (secondary N) is 3. The molecule has 1 atom stereocenters. The molecule has 1 unspecified atom stereocenters. The molecule has 0 radical (unpaired) electrons. The maximum atomic E-state index is 12.1. The Morgan fingerprint density at radius 3 is 2.57 bits per heavy atom. The lowest BCUT2D eigenvalue weighted by atomic mass is 10.1. The Hall–Kier alpha value is -2.29.